The first-order chi connectivity index (χ1) is 17.6. The predicted molar refractivity (Wildman–Crippen MR) is 129 cm³/mol. The lowest BCUT2D eigenvalue weighted by atomic mass is 9.89. The maximum absolute atomic E-state index is 12.5. The van der Waals surface area contributed by atoms with Crippen LogP contribution in [0.5, 0.6) is 5.75 Å². The highest BCUT2D eigenvalue weighted by atomic mass is 19.4. The molecule has 0 saturated carbocycles. The van der Waals surface area contributed by atoms with E-state index in [1.165, 1.54) is 36.4 Å². The van der Waals surface area contributed by atoms with Gasteiger partial charge in [-0.2, -0.15) is 0 Å². The topological polar surface area (TPSA) is 97.6 Å². The molecule has 1 fully saturated rings. The Balaban J connectivity index is 1.24. The number of carbonyl (C=O) groups is 2. The van der Waals surface area contributed by atoms with Gasteiger partial charge in [-0.1, -0.05) is 24.3 Å². The standard InChI is InChI=1S/C26H25F3N4O4/c1-17-31-32-24(36-17)16-25(35)33-14-12-20(13-15-33)19-5-7-21(8-6-19)30-23(34)11-4-18-2-9-22(10-3-18)37-26(27,28)29/h2-11,20H,12-16H2,1H3,(H,30,34)/b11-4+. The van der Waals surface area contributed by atoms with E-state index in [0.717, 1.165) is 18.4 Å². The van der Waals surface area contributed by atoms with Gasteiger partial charge in [-0.3, -0.25) is 9.59 Å². The average Bonchev–Trinajstić information content (AvgIpc) is 3.27. The van der Waals surface area contributed by atoms with Crippen LogP contribution in [0.3, 0.4) is 0 Å². The van der Waals surface area contributed by atoms with Gasteiger partial charge in [0.15, 0.2) is 0 Å². The number of ether oxygens (including phenoxy) is 1. The molecule has 1 saturated heterocycles. The lowest BCUT2D eigenvalue weighted by Gasteiger charge is -2.32. The molecule has 0 spiro atoms. The maximum Gasteiger partial charge on any atom is 0.573 e. The molecule has 3 aromatic rings. The molecule has 2 heterocycles. The lowest BCUT2D eigenvalue weighted by molar-refractivity contribution is -0.274. The van der Waals surface area contributed by atoms with Gasteiger partial charge in [0.2, 0.25) is 23.6 Å². The second kappa shape index (κ2) is 11.3. The van der Waals surface area contributed by atoms with Crippen LogP contribution in [0.25, 0.3) is 6.08 Å². The minimum absolute atomic E-state index is 0.0289. The summed E-state index contributed by atoms with van der Waals surface area (Å²) in [5, 5.41) is 10.4. The molecule has 194 valence electrons. The number of carbonyl (C=O) groups excluding carboxylic acids is 2. The summed E-state index contributed by atoms with van der Waals surface area (Å²) in [6.07, 6.45) is -0.192. The zero-order valence-corrected chi connectivity index (χ0v) is 20.0. The van der Waals surface area contributed by atoms with Crippen LogP contribution in [0.4, 0.5) is 18.9 Å². The first-order valence-electron chi connectivity index (χ1n) is 11.7. The number of nitrogens with zero attached hydrogens (tertiary/aromatic N) is 3. The average molecular weight is 515 g/mol. The highest BCUT2D eigenvalue weighted by Gasteiger charge is 2.31. The number of anilines is 1. The summed E-state index contributed by atoms with van der Waals surface area (Å²) in [4.78, 5) is 26.5. The molecule has 2 amide bonds. The largest absolute Gasteiger partial charge is 0.573 e. The first kappa shape index (κ1) is 25.9. The van der Waals surface area contributed by atoms with E-state index in [4.69, 9.17) is 4.42 Å². The van der Waals surface area contributed by atoms with E-state index in [2.05, 4.69) is 20.3 Å². The van der Waals surface area contributed by atoms with E-state index in [9.17, 15) is 22.8 Å². The van der Waals surface area contributed by atoms with Crippen molar-refractivity contribution in [2.75, 3.05) is 18.4 Å². The van der Waals surface area contributed by atoms with Crippen molar-refractivity contribution in [1.29, 1.82) is 0 Å². The van der Waals surface area contributed by atoms with Crippen LogP contribution in [0, 0.1) is 6.92 Å². The predicted octanol–water partition coefficient (Wildman–Crippen LogP) is 4.88. The van der Waals surface area contributed by atoms with Gasteiger partial charge in [0.1, 0.15) is 12.2 Å². The minimum Gasteiger partial charge on any atom is -0.425 e. The fraction of sp³-hybridized carbons (Fsp3) is 0.308. The summed E-state index contributed by atoms with van der Waals surface area (Å²) in [6.45, 7) is 2.97. The van der Waals surface area contributed by atoms with Gasteiger partial charge < -0.3 is 19.4 Å². The fourth-order valence-electron chi connectivity index (χ4n) is 4.09. The Labute approximate surface area is 211 Å². The van der Waals surface area contributed by atoms with Gasteiger partial charge in [0, 0.05) is 31.8 Å². The summed E-state index contributed by atoms with van der Waals surface area (Å²) < 4.78 is 45.8. The fourth-order valence-corrected chi connectivity index (χ4v) is 4.09. The van der Waals surface area contributed by atoms with E-state index < -0.39 is 6.36 Å². The molecule has 0 unspecified atom stereocenters. The van der Waals surface area contributed by atoms with Crippen molar-refractivity contribution in [3.05, 3.63) is 77.5 Å². The van der Waals surface area contributed by atoms with Crippen LogP contribution in [-0.4, -0.2) is 46.4 Å². The summed E-state index contributed by atoms with van der Waals surface area (Å²) in [5.74, 6) is 0.343. The zero-order chi connectivity index (χ0) is 26.4. The monoisotopic (exact) mass is 514 g/mol. The van der Waals surface area contributed by atoms with E-state index in [1.54, 1.807) is 6.92 Å². The van der Waals surface area contributed by atoms with Crippen LogP contribution < -0.4 is 10.1 Å². The molecule has 1 N–H and O–H groups in total. The number of piperidine rings is 1. The molecule has 37 heavy (non-hydrogen) atoms. The number of aryl methyl sites for hydroxylation is 1. The molecule has 0 radical (unpaired) electrons. The van der Waals surface area contributed by atoms with Gasteiger partial charge in [-0.25, -0.2) is 0 Å². The third-order valence-corrected chi connectivity index (χ3v) is 5.91. The molecule has 11 heteroatoms. The van der Waals surface area contributed by atoms with Crippen molar-refractivity contribution in [3.8, 4) is 5.75 Å². The molecule has 2 aromatic carbocycles. The molecule has 0 aliphatic carbocycles. The molecular formula is C26H25F3N4O4. The Bertz CT molecular complexity index is 1250. The van der Waals surface area contributed by atoms with E-state index >= 15 is 0 Å². The molecule has 1 aliphatic rings. The SMILES string of the molecule is Cc1nnc(CC(=O)N2CCC(c3ccc(NC(=O)/C=C/c4ccc(OC(F)(F)F)cc4)cc3)CC2)o1. The van der Waals surface area contributed by atoms with Gasteiger partial charge in [0.25, 0.3) is 0 Å². The Kier molecular flexibility index (Phi) is 7.90. The molecular weight excluding hydrogens is 489 g/mol. The van der Waals surface area contributed by atoms with Crippen LogP contribution in [-0.2, 0) is 16.0 Å². The van der Waals surface area contributed by atoms with Crippen molar-refractivity contribution < 1.29 is 31.9 Å². The van der Waals surface area contributed by atoms with Crippen molar-refractivity contribution in [2.45, 2.75) is 38.5 Å². The number of aromatic nitrogens is 2. The maximum atomic E-state index is 12.5. The molecule has 0 atom stereocenters. The number of hydrogen-bond donors (Lipinski definition) is 1. The smallest absolute Gasteiger partial charge is 0.425 e. The van der Waals surface area contributed by atoms with Crippen molar-refractivity contribution in [1.82, 2.24) is 15.1 Å². The number of halogens is 3. The van der Waals surface area contributed by atoms with E-state index in [0.29, 0.717) is 42.0 Å². The quantitative estimate of drug-likeness (QED) is 0.452. The Morgan fingerprint density at radius 2 is 1.76 bits per heavy atom. The number of amides is 2. The van der Waals surface area contributed by atoms with Gasteiger partial charge in [0.05, 0.1) is 0 Å². The van der Waals surface area contributed by atoms with Crippen molar-refractivity contribution in [2.24, 2.45) is 0 Å². The Morgan fingerprint density at radius 1 is 1.08 bits per heavy atom. The number of nitrogens with one attached hydrogen (secondary N) is 1. The van der Waals surface area contributed by atoms with Crippen molar-refractivity contribution >= 4 is 23.6 Å². The molecule has 4 rings (SSSR count). The second-order valence-corrected chi connectivity index (χ2v) is 8.61. The highest BCUT2D eigenvalue weighted by molar-refractivity contribution is 6.01. The first-order valence-corrected chi connectivity index (χ1v) is 11.7. The minimum atomic E-state index is -4.75. The summed E-state index contributed by atoms with van der Waals surface area (Å²) in [7, 11) is 0. The summed E-state index contributed by atoms with van der Waals surface area (Å²) in [6, 6.07) is 12.8. The normalized spacial score (nSPS) is 14.6. The highest BCUT2D eigenvalue weighted by Crippen LogP contribution is 2.29. The van der Waals surface area contributed by atoms with Crippen LogP contribution >= 0.6 is 0 Å². The molecule has 1 aromatic heterocycles. The number of hydrogen-bond acceptors (Lipinski definition) is 6. The van der Waals surface area contributed by atoms with E-state index in [-0.39, 0.29) is 24.0 Å². The molecule has 0 bridgehead atoms. The molecule has 1 aliphatic heterocycles. The number of benzene rings is 2. The lowest BCUT2D eigenvalue weighted by Crippen LogP contribution is -2.38. The van der Waals surface area contributed by atoms with Crippen LogP contribution in [0.2, 0.25) is 0 Å². The number of rotatable bonds is 7. The van der Waals surface area contributed by atoms with Crippen LogP contribution in [0.15, 0.2) is 59.0 Å². The van der Waals surface area contributed by atoms with E-state index in [1.807, 2.05) is 29.2 Å². The zero-order valence-electron chi connectivity index (χ0n) is 20.0. The van der Waals surface area contributed by atoms with Crippen molar-refractivity contribution in [3.63, 3.8) is 0 Å². The summed E-state index contributed by atoms with van der Waals surface area (Å²) >= 11 is 0. The molecule has 8 nitrogen and oxygen atoms in total. The number of alkyl halides is 3. The third-order valence-electron chi connectivity index (χ3n) is 5.91. The number of likely N-dealkylation sites (tertiary alicyclic amines) is 1. The third kappa shape index (κ3) is 7.66. The van der Waals surface area contributed by atoms with Crippen LogP contribution in [0.1, 0.15) is 41.7 Å². The Hall–Kier alpha value is -4.15. The van der Waals surface area contributed by atoms with Gasteiger partial charge >= 0.3 is 6.36 Å². The summed E-state index contributed by atoms with van der Waals surface area (Å²) in [5.41, 5.74) is 2.31. The van der Waals surface area contributed by atoms with Gasteiger partial charge in [-0.15, -0.1) is 23.4 Å². The second-order valence-electron chi connectivity index (χ2n) is 8.61. The van der Waals surface area contributed by atoms with Gasteiger partial charge in [-0.05, 0) is 60.2 Å². The Morgan fingerprint density at radius 3 is 2.35 bits per heavy atom.